The van der Waals surface area contributed by atoms with E-state index in [-0.39, 0.29) is 23.9 Å². The molecule has 1 heterocycles. The van der Waals surface area contributed by atoms with Gasteiger partial charge in [-0.3, -0.25) is 9.69 Å². The zero-order chi connectivity index (χ0) is 30.0. The lowest BCUT2D eigenvalue weighted by Gasteiger charge is -2.48. The molecule has 1 unspecified atom stereocenters. The smallest absolute Gasteiger partial charge is 0.442 e. The third-order valence-corrected chi connectivity index (χ3v) is 8.23. The first kappa shape index (κ1) is 31.6. The molecule has 14 heteroatoms. The fourth-order valence-corrected chi connectivity index (χ4v) is 5.83. The lowest BCUT2D eigenvalue weighted by Crippen LogP contribution is -2.61. The summed E-state index contributed by atoms with van der Waals surface area (Å²) < 4.78 is 94.2. The van der Waals surface area contributed by atoms with Gasteiger partial charge in [0.05, 0.1) is 13.2 Å². The van der Waals surface area contributed by atoms with Gasteiger partial charge in [0.2, 0.25) is 0 Å². The SMILES string of the molecule is O=C(O[C@]1(C(=O)NC(c2ccc(Cl)cc2)C(F)(F)F)CC[C@@H](N2CCOCC2)C[C@H]1c1ccc(Br)cc1)C(F)(F)F. The van der Waals surface area contributed by atoms with Crippen LogP contribution in [0.5, 0.6) is 0 Å². The number of nitrogens with one attached hydrogen (secondary N) is 1. The van der Waals surface area contributed by atoms with Gasteiger partial charge in [0.25, 0.3) is 5.91 Å². The Hall–Kier alpha value is -2.35. The Morgan fingerprint density at radius 1 is 1.02 bits per heavy atom. The van der Waals surface area contributed by atoms with Gasteiger partial charge in [-0.1, -0.05) is 51.8 Å². The molecule has 2 fully saturated rings. The van der Waals surface area contributed by atoms with Crippen molar-refractivity contribution in [2.45, 2.75) is 55.2 Å². The summed E-state index contributed by atoms with van der Waals surface area (Å²) in [7, 11) is 0. The second kappa shape index (κ2) is 12.5. The maximum Gasteiger partial charge on any atom is 0.490 e. The van der Waals surface area contributed by atoms with Crippen molar-refractivity contribution in [1.82, 2.24) is 10.2 Å². The van der Waals surface area contributed by atoms with Gasteiger partial charge >= 0.3 is 18.3 Å². The van der Waals surface area contributed by atoms with Gasteiger partial charge in [0, 0.05) is 34.5 Å². The highest BCUT2D eigenvalue weighted by Gasteiger charge is 2.58. The van der Waals surface area contributed by atoms with Crippen molar-refractivity contribution in [3.63, 3.8) is 0 Å². The molecule has 0 aromatic heterocycles. The molecule has 224 valence electrons. The molecule has 2 aromatic carbocycles. The maximum absolute atomic E-state index is 14.2. The lowest BCUT2D eigenvalue weighted by atomic mass is 9.68. The van der Waals surface area contributed by atoms with E-state index in [1.807, 2.05) is 5.32 Å². The number of carbonyl (C=O) groups is 2. The van der Waals surface area contributed by atoms with Crippen molar-refractivity contribution >= 4 is 39.4 Å². The largest absolute Gasteiger partial charge is 0.490 e. The Bertz CT molecular complexity index is 1220. The Kier molecular flexibility index (Phi) is 9.62. The fraction of sp³-hybridized carbons (Fsp3) is 0.481. The minimum atomic E-state index is -5.49. The molecule has 0 spiro atoms. The normalized spacial score (nSPS) is 24.9. The molecular formula is C27H26BrClF6N2O4. The molecule has 0 bridgehead atoms. The number of morpholine rings is 1. The van der Waals surface area contributed by atoms with Crippen molar-refractivity contribution in [2.75, 3.05) is 26.3 Å². The highest BCUT2D eigenvalue weighted by molar-refractivity contribution is 9.10. The number of ether oxygens (including phenoxy) is 2. The van der Waals surface area contributed by atoms with Crippen LogP contribution in [0, 0.1) is 0 Å². The van der Waals surface area contributed by atoms with Crippen LogP contribution >= 0.6 is 27.5 Å². The molecule has 1 saturated carbocycles. The topological polar surface area (TPSA) is 67.9 Å². The molecule has 1 saturated heterocycles. The first-order valence-corrected chi connectivity index (χ1v) is 13.9. The number of alkyl halides is 6. The zero-order valence-corrected chi connectivity index (χ0v) is 23.7. The van der Waals surface area contributed by atoms with Crippen LogP contribution in [-0.4, -0.2) is 67.1 Å². The minimum absolute atomic E-state index is 0.0534. The van der Waals surface area contributed by atoms with Crippen LogP contribution in [0.1, 0.15) is 42.3 Å². The third kappa shape index (κ3) is 7.36. The molecule has 6 nitrogen and oxygen atoms in total. The first-order valence-electron chi connectivity index (χ1n) is 12.7. The highest BCUT2D eigenvalue weighted by Crippen LogP contribution is 2.47. The number of carbonyl (C=O) groups excluding carboxylic acids is 2. The number of hydrogen-bond acceptors (Lipinski definition) is 5. The highest BCUT2D eigenvalue weighted by atomic mass is 79.9. The quantitative estimate of drug-likeness (QED) is 0.287. The summed E-state index contributed by atoms with van der Waals surface area (Å²) >= 11 is 9.09. The van der Waals surface area contributed by atoms with Gasteiger partial charge in [0.15, 0.2) is 11.6 Å². The molecule has 2 aliphatic rings. The number of nitrogens with zero attached hydrogens (tertiary/aromatic N) is 1. The molecule has 2 aromatic rings. The van der Waals surface area contributed by atoms with E-state index in [9.17, 15) is 35.9 Å². The second-order valence-electron chi connectivity index (χ2n) is 9.96. The number of halogens is 8. The molecule has 1 N–H and O–H groups in total. The number of benzene rings is 2. The summed E-state index contributed by atoms with van der Waals surface area (Å²) in [5, 5.41) is 2.02. The lowest BCUT2D eigenvalue weighted by molar-refractivity contribution is -0.221. The average molecular weight is 672 g/mol. The van der Waals surface area contributed by atoms with Crippen molar-refractivity contribution in [3.8, 4) is 0 Å². The molecule has 1 aliphatic heterocycles. The summed E-state index contributed by atoms with van der Waals surface area (Å²) in [5.41, 5.74) is -2.64. The summed E-state index contributed by atoms with van der Waals surface area (Å²) in [6.07, 6.45) is -10.8. The van der Waals surface area contributed by atoms with E-state index in [0.29, 0.717) is 36.3 Å². The van der Waals surface area contributed by atoms with Gasteiger partial charge in [-0.2, -0.15) is 26.3 Å². The van der Waals surface area contributed by atoms with Gasteiger partial charge < -0.3 is 14.8 Å². The molecular weight excluding hydrogens is 646 g/mol. The standard InChI is InChI=1S/C27H26BrClF6N2O4/c28-18-5-1-16(2-6-18)21-15-20(37-11-13-40-14-12-37)9-10-25(21,41-24(39)27(33,34)35)23(38)36-22(26(30,31)32)17-3-7-19(29)8-4-17/h1-8,20-22H,9-15H2,(H,36,38)/t20-,21+,22?,25-/m1/s1. The van der Waals surface area contributed by atoms with E-state index in [1.54, 1.807) is 24.3 Å². The summed E-state index contributed by atoms with van der Waals surface area (Å²) in [6.45, 7) is 1.93. The van der Waals surface area contributed by atoms with E-state index >= 15 is 0 Å². The Labute approximate surface area is 245 Å². The Morgan fingerprint density at radius 2 is 1.63 bits per heavy atom. The fourth-order valence-electron chi connectivity index (χ4n) is 5.44. The molecule has 4 rings (SSSR count). The van der Waals surface area contributed by atoms with Crippen LogP contribution < -0.4 is 5.32 Å². The van der Waals surface area contributed by atoms with Crippen molar-refractivity contribution in [1.29, 1.82) is 0 Å². The monoisotopic (exact) mass is 670 g/mol. The van der Waals surface area contributed by atoms with E-state index in [0.717, 1.165) is 12.1 Å². The summed E-state index contributed by atoms with van der Waals surface area (Å²) in [5.74, 6) is -5.32. The molecule has 1 aliphatic carbocycles. The number of amides is 1. The van der Waals surface area contributed by atoms with Crippen molar-refractivity contribution in [3.05, 3.63) is 69.2 Å². The predicted octanol–water partition coefficient (Wildman–Crippen LogP) is 6.33. The molecule has 41 heavy (non-hydrogen) atoms. The van der Waals surface area contributed by atoms with Crippen LogP contribution in [0.25, 0.3) is 0 Å². The van der Waals surface area contributed by atoms with E-state index in [4.69, 9.17) is 21.1 Å². The van der Waals surface area contributed by atoms with Crippen molar-refractivity contribution < 1.29 is 45.4 Å². The molecule has 1 amide bonds. The van der Waals surface area contributed by atoms with Gasteiger partial charge in [-0.15, -0.1) is 0 Å². The maximum atomic E-state index is 14.2. The first-order chi connectivity index (χ1) is 19.2. The number of hydrogen-bond donors (Lipinski definition) is 1. The van der Waals surface area contributed by atoms with Crippen LogP contribution in [0.3, 0.4) is 0 Å². The average Bonchev–Trinajstić information content (AvgIpc) is 2.92. The van der Waals surface area contributed by atoms with E-state index < -0.39 is 53.8 Å². The zero-order valence-electron chi connectivity index (χ0n) is 21.4. The second-order valence-corrected chi connectivity index (χ2v) is 11.3. The summed E-state index contributed by atoms with van der Waals surface area (Å²) in [4.78, 5) is 28.2. The van der Waals surface area contributed by atoms with Crippen LogP contribution in [-0.2, 0) is 19.1 Å². The number of rotatable bonds is 6. The van der Waals surface area contributed by atoms with Crippen LogP contribution in [0.15, 0.2) is 53.0 Å². The Balaban J connectivity index is 1.79. The van der Waals surface area contributed by atoms with Crippen LogP contribution in [0.4, 0.5) is 26.3 Å². The molecule has 4 atom stereocenters. The van der Waals surface area contributed by atoms with Crippen LogP contribution in [0.2, 0.25) is 5.02 Å². The van der Waals surface area contributed by atoms with Gasteiger partial charge in [-0.05, 0) is 54.7 Å². The predicted molar refractivity (Wildman–Crippen MR) is 140 cm³/mol. The van der Waals surface area contributed by atoms with Gasteiger partial charge in [0.1, 0.15) is 0 Å². The molecule has 0 radical (unpaired) electrons. The van der Waals surface area contributed by atoms with Gasteiger partial charge in [-0.25, -0.2) is 4.79 Å². The number of esters is 1. The third-order valence-electron chi connectivity index (χ3n) is 7.45. The summed E-state index contributed by atoms with van der Waals surface area (Å²) in [6, 6.07) is 7.92. The Morgan fingerprint density at radius 3 is 2.20 bits per heavy atom. The van der Waals surface area contributed by atoms with E-state index in [1.165, 1.54) is 12.1 Å². The van der Waals surface area contributed by atoms with E-state index in [2.05, 4.69) is 20.8 Å². The minimum Gasteiger partial charge on any atom is -0.442 e. The van der Waals surface area contributed by atoms with Crippen molar-refractivity contribution in [2.24, 2.45) is 0 Å².